The summed E-state index contributed by atoms with van der Waals surface area (Å²) in [6.45, 7) is 14.5. The highest BCUT2D eigenvalue weighted by atomic mass is 16.5. The van der Waals surface area contributed by atoms with Gasteiger partial charge in [0.1, 0.15) is 12.4 Å². The van der Waals surface area contributed by atoms with Crippen LogP contribution in [0.4, 0.5) is 0 Å². The van der Waals surface area contributed by atoms with Gasteiger partial charge in [0.05, 0.1) is 6.54 Å². The number of nitrogens with two attached hydrogens (primary N) is 1. The lowest BCUT2D eigenvalue weighted by atomic mass is 10.2. The van der Waals surface area contributed by atoms with E-state index in [4.69, 9.17) is 10.5 Å². The largest absolute Gasteiger partial charge is 0.492 e. The van der Waals surface area contributed by atoms with E-state index >= 15 is 0 Å². The van der Waals surface area contributed by atoms with Crippen LogP contribution < -0.4 is 10.5 Å². The Morgan fingerprint density at radius 3 is 2.30 bits per heavy atom. The van der Waals surface area contributed by atoms with E-state index in [1.165, 1.54) is 0 Å². The molecule has 2 N–H and O–H groups in total. The van der Waals surface area contributed by atoms with Crippen molar-refractivity contribution in [2.24, 2.45) is 10.7 Å². The topological polar surface area (TPSA) is 54.1 Å². The van der Waals surface area contributed by atoms with Crippen LogP contribution >= 0.6 is 0 Å². The first-order valence-corrected chi connectivity index (χ1v) is 8.64. The van der Waals surface area contributed by atoms with Crippen molar-refractivity contribution >= 4 is 5.96 Å². The molecule has 1 rings (SSSR count). The molecule has 0 unspecified atom stereocenters. The highest BCUT2D eigenvalue weighted by molar-refractivity contribution is 5.78. The molecule has 0 saturated heterocycles. The number of ether oxygens (including phenoxy) is 1. The molecule has 0 heterocycles. The minimum absolute atomic E-state index is 0.545. The van der Waals surface area contributed by atoms with Gasteiger partial charge in [-0.05, 0) is 33.0 Å². The van der Waals surface area contributed by atoms with Crippen LogP contribution in [0.2, 0.25) is 0 Å². The van der Waals surface area contributed by atoms with Crippen molar-refractivity contribution in [3.63, 3.8) is 0 Å². The smallest absolute Gasteiger partial charge is 0.191 e. The summed E-state index contributed by atoms with van der Waals surface area (Å²) < 4.78 is 5.95. The van der Waals surface area contributed by atoms with Gasteiger partial charge in [-0.25, -0.2) is 4.99 Å². The lowest BCUT2D eigenvalue weighted by Gasteiger charge is -2.20. The Kier molecular flexibility index (Phi) is 9.14. The molecule has 0 amide bonds. The van der Waals surface area contributed by atoms with E-state index in [1.807, 2.05) is 29.2 Å². The molecule has 0 fully saturated rings. The van der Waals surface area contributed by atoms with Crippen LogP contribution in [0.25, 0.3) is 0 Å². The predicted octanol–water partition coefficient (Wildman–Crippen LogP) is 2.56. The lowest BCUT2D eigenvalue weighted by Crippen LogP contribution is -2.37. The fraction of sp³-hybridized carbons (Fsp3) is 0.611. The van der Waals surface area contributed by atoms with E-state index in [2.05, 4.69) is 37.6 Å². The number of hydrogen-bond donors (Lipinski definition) is 1. The normalized spacial score (nSPS) is 11.8. The van der Waals surface area contributed by atoms with Gasteiger partial charge >= 0.3 is 0 Å². The molecule has 0 aliphatic carbocycles. The maximum atomic E-state index is 6.04. The third-order valence-electron chi connectivity index (χ3n) is 4.03. The second-order valence-electron chi connectivity index (χ2n) is 5.33. The van der Waals surface area contributed by atoms with Gasteiger partial charge < -0.3 is 20.3 Å². The summed E-state index contributed by atoms with van der Waals surface area (Å²) in [6.07, 6.45) is 0. The maximum Gasteiger partial charge on any atom is 0.191 e. The minimum atomic E-state index is 0.545. The Bertz CT molecular complexity index is 468. The summed E-state index contributed by atoms with van der Waals surface area (Å²) in [5.74, 6) is 1.49. The first kappa shape index (κ1) is 19.3. The SMILES string of the molecule is CCN(CC)CCOc1ccccc1CN=C(N)N(CC)CC. The molecule has 130 valence electrons. The number of para-hydroxylation sites is 1. The van der Waals surface area contributed by atoms with Crippen LogP contribution in [0.1, 0.15) is 33.3 Å². The summed E-state index contributed by atoms with van der Waals surface area (Å²) >= 11 is 0. The molecule has 0 spiro atoms. The molecule has 5 heteroatoms. The number of benzene rings is 1. The van der Waals surface area contributed by atoms with Crippen LogP contribution in [0.15, 0.2) is 29.3 Å². The number of nitrogens with zero attached hydrogens (tertiary/aromatic N) is 3. The maximum absolute atomic E-state index is 6.04. The van der Waals surface area contributed by atoms with Crippen molar-refractivity contribution in [2.75, 3.05) is 39.3 Å². The molecule has 0 aliphatic rings. The molecule has 0 aromatic heterocycles. The van der Waals surface area contributed by atoms with Crippen molar-refractivity contribution in [1.29, 1.82) is 0 Å². The van der Waals surface area contributed by atoms with E-state index in [9.17, 15) is 0 Å². The Morgan fingerprint density at radius 1 is 1.04 bits per heavy atom. The number of likely N-dealkylation sites (N-methyl/N-ethyl adjacent to an activating group) is 1. The molecule has 1 aromatic rings. The second kappa shape index (κ2) is 10.9. The van der Waals surface area contributed by atoms with Crippen molar-refractivity contribution in [3.05, 3.63) is 29.8 Å². The number of guanidine groups is 1. The van der Waals surface area contributed by atoms with Gasteiger partial charge in [-0.1, -0.05) is 32.0 Å². The average Bonchev–Trinajstić information content (AvgIpc) is 2.59. The van der Waals surface area contributed by atoms with Crippen LogP contribution in [-0.2, 0) is 6.54 Å². The van der Waals surface area contributed by atoms with Crippen molar-refractivity contribution in [3.8, 4) is 5.75 Å². The Labute approximate surface area is 141 Å². The van der Waals surface area contributed by atoms with E-state index in [1.54, 1.807) is 0 Å². The monoisotopic (exact) mass is 320 g/mol. The highest BCUT2D eigenvalue weighted by Crippen LogP contribution is 2.19. The Balaban J connectivity index is 2.65. The summed E-state index contributed by atoms with van der Waals surface area (Å²) in [4.78, 5) is 8.89. The summed E-state index contributed by atoms with van der Waals surface area (Å²) in [5, 5.41) is 0. The fourth-order valence-corrected chi connectivity index (χ4v) is 2.41. The zero-order chi connectivity index (χ0) is 17.1. The van der Waals surface area contributed by atoms with Crippen LogP contribution in [-0.4, -0.2) is 55.1 Å². The van der Waals surface area contributed by atoms with Crippen molar-refractivity contribution in [1.82, 2.24) is 9.80 Å². The molecular formula is C18H32N4O. The number of aliphatic imine (C=N–C) groups is 1. The van der Waals surface area contributed by atoms with E-state index in [0.717, 1.165) is 44.0 Å². The Morgan fingerprint density at radius 2 is 1.70 bits per heavy atom. The molecule has 5 nitrogen and oxygen atoms in total. The first-order valence-electron chi connectivity index (χ1n) is 8.64. The zero-order valence-corrected chi connectivity index (χ0v) is 15.1. The summed E-state index contributed by atoms with van der Waals surface area (Å²) in [6, 6.07) is 8.05. The van der Waals surface area contributed by atoms with Gasteiger partial charge in [0.2, 0.25) is 0 Å². The number of rotatable bonds is 10. The van der Waals surface area contributed by atoms with Crippen LogP contribution in [0.5, 0.6) is 5.75 Å². The Hall–Kier alpha value is -1.75. The van der Waals surface area contributed by atoms with Gasteiger partial charge in [-0.2, -0.15) is 0 Å². The van der Waals surface area contributed by atoms with Crippen LogP contribution in [0, 0.1) is 0 Å². The third kappa shape index (κ3) is 6.48. The van der Waals surface area contributed by atoms with E-state index in [0.29, 0.717) is 19.1 Å². The lowest BCUT2D eigenvalue weighted by molar-refractivity contribution is 0.221. The van der Waals surface area contributed by atoms with Gasteiger partial charge in [0, 0.05) is 25.2 Å². The summed E-state index contributed by atoms with van der Waals surface area (Å²) in [7, 11) is 0. The molecule has 23 heavy (non-hydrogen) atoms. The zero-order valence-electron chi connectivity index (χ0n) is 15.1. The molecule has 1 aromatic carbocycles. The van der Waals surface area contributed by atoms with Gasteiger partial charge in [0.15, 0.2) is 5.96 Å². The van der Waals surface area contributed by atoms with Crippen molar-refractivity contribution < 1.29 is 4.74 Å². The van der Waals surface area contributed by atoms with E-state index in [-0.39, 0.29) is 0 Å². The second-order valence-corrected chi connectivity index (χ2v) is 5.33. The molecule has 0 saturated carbocycles. The average molecular weight is 320 g/mol. The third-order valence-corrected chi connectivity index (χ3v) is 4.03. The van der Waals surface area contributed by atoms with Gasteiger partial charge in [-0.15, -0.1) is 0 Å². The number of hydrogen-bond acceptors (Lipinski definition) is 3. The first-order chi connectivity index (χ1) is 11.2. The predicted molar refractivity (Wildman–Crippen MR) is 98.0 cm³/mol. The van der Waals surface area contributed by atoms with Gasteiger partial charge in [-0.3, -0.25) is 0 Å². The molecular weight excluding hydrogens is 288 g/mol. The van der Waals surface area contributed by atoms with Crippen LogP contribution in [0.3, 0.4) is 0 Å². The fourth-order valence-electron chi connectivity index (χ4n) is 2.41. The summed E-state index contributed by atoms with van der Waals surface area (Å²) in [5.41, 5.74) is 7.11. The quantitative estimate of drug-likeness (QED) is 0.532. The van der Waals surface area contributed by atoms with E-state index < -0.39 is 0 Å². The molecule has 0 atom stereocenters. The van der Waals surface area contributed by atoms with Gasteiger partial charge in [0.25, 0.3) is 0 Å². The minimum Gasteiger partial charge on any atom is -0.492 e. The molecule has 0 bridgehead atoms. The molecule has 0 aliphatic heterocycles. The molecule has 0 radical (unpaired) electrons. The standard InChI is InChI=1S/C18H32N4O/c1-5-21(6-2)13-14-23-17-12-10-9-11-16(17)15-20-18(19)22(7-3)8-4/h9-12H,5-8,13-15H2,1-4H3,(H2,19,20). The van der Waals surface area contributed by atoms with Crippen molar-refractivity contribution in [2.45, 2.75) is 34.2 Å². The highest BCUT2D eigenvalue weighted by Gasteiger charge is 2.06.